The molecule has 4 rings (SSSR count). The number of nitrogens with zero attached hydrogens (tertiary/aromatic N) is 3. The molecule has 0 saturated carbocycles. The van der Waals surface area contributed by atoms with Crippen LogP contribution in [-0.4, -0.2) is 39.4 Å². The summed E-state index contributed by atoms with van der Waals surface area (Å²) in [6.07, 6.45) is 3.33. The maximum absolute atomic E-state index is 13.9. The molecular formula is C22H22F2N4O3S. The highest BCUT2D eigenvalue weighted by Crippen LogP contribution is 2.28. The molecule has 1 unspecified atom stereocenters. The van der Waals surface area contributed by atoms with Gasteiger partial charge in [0.25, 0.3) is 11.5 Å². The van der Waals surface area contributed by atoms with E-state index in [2.05, 4.69) is 17.2 Å². The van der Waals surface area contributed by atoms with E-state index in [0.717, 1.165) is 36.3 Å². The summed E-state index contributed by atoms with van der Waals surface area (Å²) < 4.78 is 28.2. The number of hydrogen-bond acceptors (Lipinski definition) is 5. The number of halogens is 2. The summed E-state index contributed by atoms with van der Waals surface area (Å²) in [4.78, 5) is 45.0. The fourth-order valence-corrected chi connectivity index (χ4v) is 4.95. The van der Waals surface area contributed by atoms with E-state index in [-0.39, 0.29) is 28.4 Å². The average molecular weight is 461 g/mol. The van der Waals surface area contributed by atoms with Crippen molar-refractivity contribution in [3.8, 4) is 0 Å². The van der Waals surface area contributed by atoms with Gasteiger partial charge in [-0.2, -0.15) is 0 Å². The number of benzene rings is 1. The Labute approximate surface area is 186 Å². The van der Waals surface area contributed by atoms with Crippen molar-refractivity contribution in [2.75, 3.05) is 18.4 Å². The molecule has 32 heavy (non-hydrogen) atoms. The van der Waals surface area contributed by atoms with Crippen LogP contribution in [0.4, 0.5) is 14.5 Å². The molecule has 1 aliphatic rings. The van der Waals surface area contributed by atoms with Crippen LogP contribution in [0.15, 0.2) is 29.3 Å². The molecule has 3 heterocycles. The quantitative estimate of drug-likeness (QED) is 0.645. The van der Waals surface area contributed by atoms with Gasteiger partial charge in [0, 0.05) is 19.2 Å². The molecule has 3 aromatic rings. The second-order valence-electron chi connectivity index (χ2n) is 8.08. The first kappa shape index (κ1) is 22.1. The number of amides is 2. The maximum Gasteiger partial charge on any atom is 0.266 e. The zero-order valence-electron chi connectivity index (χ0n) is 17.7. The lowest BCUT2D eigenvalue weighted by Gasteiger charge is -2.31. The van der Waals surface area contributed by atoms with Crippen molar-refractivity contribution < 1.29 is 18.4 Å². The predicted octanol–water partition coefficient (Wildman–Crippen LogP) is 3.56. The van der Waals surface area contributed by atoms with Crippen molar-refractivity contribution in [3.05, 3.63) is 57.0 Å². The summed E-state index contributed by atoms with van der Waals surface area (Å²) >= 11 is 1.00. The normalized spacial score (nSPS) is 16.4. The number of piperidine rings is 1. The maximum atomic E-state index is 13.9. The van der Waals surface area contributed by atoms with Gasteiger partial charge in [0.15, 0.2) is 0 Å². The lowest BCUT2D eigenvalue weighted by atomic mass is 10.0. The third-order valence-corrected chi connectivity index (χ3v) is 6.82. The number of aryl methyl sites for hydroxylation is 1. The topological polar surface area (TPSA) is 84.3 Å². The number of carbonyl (C=O) groups is 2. The highest BCUT2D eigenvalue weighted by molar-refractivity contribution is 7.20. The Balaban J connectivity index is 1.60. The second kappa shape index (κ2) is 8.78. The van der Waals surface area contributed by atoms with E-state index >= 15 is 0 Å². The Morgan fingerprint density at radius 1 is 1.31 bits per heavy atom. The zero-order chi connectivity index (χ0) is 23.0. The van der Waals surface area contributed by atoms with Gasteiger partial charge in [0.2, 0.25) is 5.91 Å². The minimum Gasteiger partial charge on any atom is -0.341 e. The van der Waals surface area contributed by atoms with Crippen LogP contribution in [0.2, 0.25) is 0 Å². The van der Waals surface area contributed by atoms with E-state index in [9.17, 15) is 23.2 Å². The van der Waals surface area contributed by atoms with E-state index in [0.29, 0.717) is 35.5 Å². The van der Waals surface area contributed by atoms with Crippen LogP contribution in [0.25, 0.3) is 10.2 Å². The molecular weight excluding hydrogens is 438 g/mol. The molecule has 0 spiro atoms. The molecule has 1 aromatic carbocycles. The molecule has 168 valence electrons. The summed E-state index contributed by atoms with van der Waals surface area (Å²) in [5.74, 6) is -1.99. The lowest BCUT2D eigenvalue weighted by Crippen LogP contribution is -2.42. The molecule has 7 nitrogen and oxygen atoms in total. The Bertz CT molecular complexity index is 1270. The van der Waals surface area contributed by atoms with Crippen molar-refractivity contribution in [3.63, 3.8) is 0 Å². The predicted molar refractivity (Wildman–Crippen MR) is 118 cm³/mol. The standard InChI is InChI=1S/C22H22F2N4O3S/c1-12-4-3-7-27(9-12)17(29)10-28-11-25-21-18(22(28)31)13(2)19(32-21)20(30)26-16-6-5-14(23)8-15(16)24/h5-6,8,11-12H,3-4,7,9-10H2,1-2H3,(H,26,30). The molecule has 0 radical (unpaired) electrons. The van der Waals surface area contributed by atoms with E-state index in [1.54, 1.807) is 11.8 Å². The van der Waals surface area contributed by atoms with Crippen molar-refractivity contribution >= 4 is 39.1 Å². The van der Waals surface area contributed by atoms with Crippen molar-refractivity contribution in [1.29, 1.82) is 0 Å². The van der Waals surface area contributed by atoms with Gasteiger partial charge in [-0.3, -0.25) is 19.0 Å². The van der Waals surface area contributed by atoms with Gasteiger partial charge in [-0.1, -0.05) is 6.92 Å². The molecule has 2 aromatic heterocycles. The van der Waals surface area contributed by atoms with Gasteiger partial charge in [0.1, 0.15) is 23.0 Å². The van der Waals surface area contributed by atoms with Gasteiger partial charge in [0.05, 0.1) is 22.3 Å². The molecule has 0 aliphatic carbocycles. The van der Waals surface area contributed by atoms with Crippen LogP contribution in [0.3, 0.4) is 0 Å². The number of fused-ring (bicyclic) bond motifs is 1. The first-order valence-electron chi connectivity index (χ1n) is 10.3. The van der Waals surface area contributed by atoms with Gasteiger partial charge >= 0.3 is 0 Å². The van der Waals surface area contributed by atoms with E-state index in [1.807, 2.05) is 0 Å². The van der Waals surface area contributed by atoms with Crippen LogP contribution in [-0.2, 0) is 11.3 Å². The molecule has 1 aliphatic heterocycles. The summed E-state index contributed by atoms with van der Waals surface area (Å²) in [6, 6.07) is 2.84. The van der Waals surface area contributed by atoms with Crippen molar-refractivity contribution in [2.45, 2.75) is 33.2 Å². The Hall–Kier alpha value is -3.14. The lowest BCUT2D eigenvalue weighted by molar-refractivity contribution is -0.133. The summed E-state index contributed by atoms with van der Waals surface area (Å²) in [6.45, 7) is 4.93. The van der Waals surface area contributed by atoms with Crippen LogP contribution in [0, 0.1) is 24.5 Å². The largest absolute Gasteiger partial charge is 0.341 e. The number of aromatic nitrogens is 2. The number of carbonyl (C=O) groups excluding carboxylic acids is 2. The molecule has 1 N–H and O–H groups in total. The summed E-state index contributed by atoms with van der Waals surface area (Å²) in [5, 5.41) is 2.65. The van der Waals surface area contributed by atoms with Gasteiger partial charge in [-0.15, -0.1) is 11.3 Å². The van der Waals surface area contributed by atoms with Crippen molar-refractivity contribution in [1.82, 2.24) is 14.5 Å². The van der Waals surface area contributed by atoms with Gasteiger partial charge in [-0.05, 0) is 43.4 Å². The van der Waals surface area contributed by atoms with Crippen LogP contribution >= 0.6 is 11.3 Å². The van der Waals surface area contributed by atoms with Gasteiger partial charge in [-0.25, -0.2) is 13.8 Å². The molecule has 0 bridgehead atoms. The highest BCUT2D eigenvalue weighted by atomic mass is 32.1. The average Bonchev–Trinajstić information content (AvgIpc) is 3.09. The second-order valence-corrected chi connectivity index (χ2v) is 9.08. The van der Waals surface area contributed by atoms with E-state index < -0.39 is 23.1 Å². The fraction of sp³-hybridized carbons (Fsp3) is 0.364. The third kappa shape index (κ3) is 4.27. The Morgan fingerprint density at radius 3 is 2.81 bits per heavy atom. The minimum absolute atomic E-state index is 0.119. The molecule has 10 heteroatoms. The smallest absolute Gasteiger partial charge is 0.266 e. The number of nitrogens with one attached hydrogen (secondary N) is 1. The molecule has 1 saturated heterocycles. The monoisotopic (exact) mass is 460 g/mol. The highest BCUT2D eigenvalue weighted by Gasteiger charge is 2.24. The first-order chi connectivity index (χ1) is 15.2. The van der Waals surface area contributed by atoms with Crippen LogP contribution in [0.1, 0.15) is 35.0 Å². The number of rotatable bonds is 4. The van der Waals surface area contributed by atoms with Crippen LogP contribution < -0.4 is 10.9 Å². The minimum atomic E-state index is -0.900. The van der Waals surface area contributed by atoms with Crippen LogP contribution in [0.5, 0.6) is 0 Å². The Morgan fingerprint density at radius 2 is 2.09 bits per heavy atom. The Kier molecular flexibility index (Phi) is 6.05. The zero-order valence-corrected chi connectivity index (χ0v) is 18.5. The van der Waals surface area contributed by atoms with E-state index in [4.69, 9.17) is 0 Å². The van der Waals surface area contributed by atoms with Crippen molar-refractivity contribution in [2.24, 2.45) is 5.92 Å². The third-order valence-electron chi connectivity index (χ3n) is 5.62. The number of hydrogen-bond donors (Lipinski definition) is 1. The van der Waals surface area contributed by atoms with Gasteiger partial charge < -0.3 is 10.2 Å². The molecule has 2 amide bonds. The number of anilines is 1. The molecule has 1 atom stereocenters. The number of likely N-dealkylation sites (tertiary alicyclic amines) is 1. The molecule has 1 fully saturated rings. The number of thiophene rings is 1. The SMILES string of the molecule is Cc1c(C(=O)Nc2ccc(F)cc2F)sc2ncn(CC(=O)N3CCCC(C)C3)c(=O)c12. The summed E-state index contributed by atoms with van der Waals surface area (Å²) in [5.41, 5.74) is -0.176. The van der Waals surface area contributed by atoms with E-state index in [1.165, 1.54) is 10.9 Å². The fourth-order valence-electron chi connectivity index (χ4n) is 3.92. The summed E-state index contributed by atoms with van der Waals surface area (Å²) in [7, 11) is 0. The first-order valence-corrected chi connectivity index (χ1v) is 11.1.